The number of fused-ring (bicyclic) bond motifs is 1. The van der Waals surface area contributed by atoms with Crippen molar-refractivity contribution < 1.29 is 18.0 Å². The molecule has 0 bridgehead atoms. The van der Waals surface area contributed by atoms with Crippen LogP contribution in [0.2, 0.25) is 10.0 Å². The van der Waals surface area contributed by atoms with Gasteiger partial charge in [0.05, 0.1) is 22.0 Å². The Bertz CT molecular complexity index is 1360. The lowest BCUT2D eigenvalue weighted by Crippen LogP contribution is -2.52. The molecule has 1 atom stereocenters. The maximum absolute atomic E-state index is 13.8. The molecule has 0 aromatic heterocycles. The van der Waals surface area contributed by atoms with E-state index < -0.39 is 28.5 Å². The Hall–Kier alpha value is -2.81. The third kappa shape index (κ3) is 6.49. The van der Waals surface area contributed by atoms with E-state index in [9.17, 15) is 18.0 Å². The summed E-state index contributed by atoms with van der Waals surface area (Å²) in [6.45, 7) is 3.58. The van der Waals surface area contributed by atoms with Crippen LogP contribution in [-0.2, 0) is 26.2 Å². The van der Waals surface area contributed by atoms with Crippen LogP contribution < -0.4 is 9.62 Å². The molecule has 0 spiro atoms. The monoisotopic (exact) mass is 549 g/mol. The zero-order chi connectivity index (χ0) is 26.5. The summed E-state index contributed by atoms with van der Waals surface area (Å²) in [6, 6.07) is 16.8. The zero-order valence-electron chi connectivity index (χ0n) is 20.4. The van der Waals surface area contributed by atoms with Crippen LogP contribution in [0.5, 0.6) is 0 Å². The van der Waals surface area contributed by atoms with E-state index in [1.165, 1.54) is 4.90 Å². The molecule has 36 heavy (non-hydrogen) atoms. The minimum Gasteiger partial charge on any atom is -0.355 e. The number of likely N-dealkylation sites (N-methyl/N-ethyl adjacent to an activating group) is 1. The second kappa shape index (κ2) is 12.0. The summed E-state index contributed by atoms with van der Waals surface area (Å²) in [4.78, 5) is 28.0. The summed E-state index contributed by atoms with van der Waals surface area (Å²) in [5.41, 5.74) is 1.06. The third-order valence-electron chi connectivity index (χ3n) is 5.79. The van der Waals surface area contributed by atoms with Crippen molar-refractivity contribution in [2.45, 2.75) is 32.9 Å². The molecule has 7 nitrogen and oxygen atoms in total. The van der Waals surface area contributed by atoms with Crippen molar-refractivity contribution in [1.29, 1.82) is 0 Å². The first kappa shape index (κ1) is 27.8. The first-order chi connectivity index (χ1) is 17.1. The van der Waals surface area contributed by atoms with Crippen LogP contribution in [0, 0.1) is 0 Å². The van der Waals surface area contributed by atoms with Crippen LogP contribution in [0.15, 0.2) is 60.7 Å². The molecule has 3 rings (SSSR count). The maximum atomic E-state index is 13.8. The molecule has 2 amide bonds. The van der Waals surface area contributed by atoms with E-state index in [2.05, 4.69) is 5.32 Å². The molecule has 0 aliphatic rings. The van der Waals surface area contributed by atoms with Gasteiger partial charge < -0.3 is 10.2 Å². The Morgan fingerprint density at radius 1 is 0.972 bits per heavy atom. The second-order valence-electron chi connectivity index (χ2n) is 8.36. The second-order valence-corrected chi connectivity index (χ2v) is 11.1. The fraction of sp³-hybridized carbons (Fsp3) is 0.308. The Labute approximate surface area is 222 Å². The lowest BCUT2D eigenvalue weighted by molar-refractivity contribution is -0.140. The Morgan fingerprint density at radius 2 is 1.67 bits per heavy atom. The minimum absolute atomic E-state index is 0.0541. The molecule has 0 saturated carbocycles. The molecule has 1 N–H and O–H groups in total. The van der Waals surface area contributed by atoms with Crippen LogP contribution >= 0.6 is 23.2 Å². The van der Waals surface area contributed by atoms with E-state index in [1.807, 2.05) is 30.3 Å². The van der Waals surface area contributed by atoms with Gasteiger partial charge in [-0.25, -0.2) is 8.42 Å². The number of sulfonamides is 1. The van der Waals surface area contributed by atoms with E-state index in [4.69, 9.17) is 23.2 Å². The van der Waals surface area contributed by atoms with Gasteiger partial charge in [-0.05, 0) is 42.5 Å². The summed E-state index contributed by atoms with van der Waals surface area (Å²) >= 11 is 12.2. The molecule has 3 aromatic rings. The van der Waals surface area contributed by atoms with Crippen molar-refractivity contribution in [3.8, 4) is 0 Å². The van der Waals surface area contributed by atoms with Gasteiger partial charge >= 0.3 is 0 Å². The van der Waals surface area contributed by atoms with Crippen LogP contribution in [0.3, 0.4) is 0 Å². The van der Waals surface area contributed by atoms with Crippen LogP contribution in [0.4, 0.5) is 5.69 Å². The number of carbonyl (C=O) groups is 2. The molecule has 10 heteroatoms. The number of rotatable bonds is 10. The van der Waals surface area contributed by atoms with Gasteiger partial charge in [-0.15, -0.1) is 0 Å². The van der Waals surface area contributed by atoms with Gasteiger partial charge in [0.1, 0.15) is 12.6 Å². The first-order valence-electron chi connectivity index (χ1n) is 11.5. The molecule has 192 valence electrons. The molecule has 0 aliphatic heterocycles. The van der Waals surface area contributed by atoms with E-state index in [-0.39, 0.29) is 12.5 Å². The van der Waals surface area contributed by atoms with E-state index in [0.29, 0.717) is 39.6 Å². The smallest absolute Gasteiger partial charge is 0.244 e. The highest BCUT2D eigenvalue weighted by molar-refractivity contribution is 7.92. The molecular weight excluding hydrogens is 521 g/mol. The molecule has 0 aliphatic carbocycles. The van der Waals surface area contributed by atoms with Gasteiger partial charge in [-0.1, -0.05) is 72.6 Å². The molecule has 0 heterocycles. The van der Waals surface area contributed by atoms with Gasteiger partial charge in [0.25, 0.3) is 0 Å². The van der Waals surface area contributed by atoms with Crippen molar-refractivity contribution in [2.75, 3.05) is 23.7 Å². The highest BCUT2D eigenvalue weighted by Crippen LogP contribution is 2.29. The van der Waals surface area contributed by atoms with Crippen molar-refractivity contribution in [1.82, 2.24) is 10.2 Å². The summed E-state index contributed by atoms with van der Waals surface area (Å²) in [7, 11) is -3.84. The molecule has 0 radical (unpaired) electrons. The van der Waals surface area contributed by atoms with E-state index >= 15 is 0 Å². The maximum Gasteiger partial charge on any atom is 0.244 e. The number of halogens is 2. The van der Waals surface area contributed by atoms with Gasteiger partial charge in [0, 0.05) is 18.5 Å². The molecule has 0 fully saturated rings. The van der Waals surface area contributed by atoms with Gasteiger partial charge in [0.15, 0.2) is 0 Å². The molecule has 0 saturated heterocycles. The Kier molecular flexibility index (Phi) is 9.22. The van der Waals surface area contributed by atoms with Crippen LogP contribution in [-0.4, -0.2) is 50.5 Å². The zero-order valence-corrected chi connectivity index (χ0v) is 22.7. The first-order valence-corrected chi connectivity index (χ1v) is 14.1. The summed E-state index contributed by atoms with van der Waals surface area (Å²) < 4.78 is 26.9. The number of nitrogens with zero attached hydrogens (tertiary/aromatic N) is 2. The van der Waals surface area contributed by atoms with Gasteiger partial charge in [-0.2, -0.15) is 0 Å². The predicted octanol–water partition coefficient (Wildman–Crippen LogP) is 4.86. The number of nitrogens with one attached hydrogen (secondary N) is 1. The average molecular weight is 551 g/mol. The molecular formula is C26H29Cl2N3O4S. The van der Waals surface area contributed by atoms with Crippen molar-refractivity contribution in [3.63, 3.8) is 0 Å². The number of hydrogen-bond acceptors (Lipinski definition) is 4. The highest BCUT2D eigenvalue weighted by Gasteiger charge is 2.32. The normalized spacial score (nSPS) is 12.2. The lowest BCUT2D eigenvalue weighted by atomic mass is 10.1. The molecule has 3 aromatic carbocycles. The summed E-state index contributed by atoms with van der Waals surface area (Å²) in [5.74, 6) is -0.831. The summed E-state index contributed by atoms with van der Waals surface area (Å²) in [5, 5.41) is 5.00. The number of hydrogen-bond donors (Lipinski definition) is 1. The Morgan fingerprint density at radius 3 is 2.31 bits per heavy atom. The third-order valence-corrected chi connectivity index (χ3v) is 7.65. The van der Waals surface area contributed by atoms with Gasteiger partial charge in [0.2, 0.25) is 21.8 Å². The quantitative estimate of drug-likeness (QED) is 0.391. The number of benzene rings is 3. The fourth-order valence-corrected chi connectivity index (χ4v) is 5.25. The van der Waals surface area contributed by atoms with Crippen molar-refractivity contribution in [2.24, 2.45) is 0 Å². The molecule has 1 unspecified atom stereocenters. The van der Waals surface area contributed by atoms with Crippen LogP contribution in [0.25, 0.3) is 10.8 Å². The summed E-state index contributed by atoms with van der Waals surface area (Å²) in [6.07, 6.45) is 1.40. The minimum atomic E-state index is -3.84. The standard InChI is InChI=1S/C26H29Cl2N3O4S/c1-4-23(26(33)29-5-2)30(16-18-13-14-21(27)22(28)15-18)25(32)17-31(36(3,34)35)24-12-8-10-19-9-6-7-11-20(19)24/h6-15,23H,4-5,16-17H2,1-3H3,(H,29,33). The van der Waals surface area contributed by atoms with Gasteiger partial charge in [-0.3, -0.25) is 13.9 Å². The predicted molar refractivity (Wildman–Crippen MR) is 146 cm³/mol. The topological polar surface area (TPSA) is 86.8 Å². The van der Waals surface area contributed by atoms with E-state index in [0.717, 1.165) is 15.9 Å². The van der Waals surface area contributed by atoms with Crippen molar-refractivity contribution in [3.05, 3.63) is 76.3 Å². The van der Waals surface area contributed by atoms with E-state index in [1.54, 1.807) is 44.2 Å². The fourth-order valence-electron chi connectivity index (χ4n) is 4.07. The lowest BCUT2D eigenvalue weighted by Gasteiger charge is -2.33. The Balaban J connectivity index is 2.04. The average Bonchev–Trinajstić information content (AvgIpc) is 2.83. The number of carbonyl (C=O) groups excluding carboxylic acids is 2. The highest BCUT2D eigenvalue weighted by atomic mass is 35.5. The number of amides is 2. The van der Waals surface area contributed by atoms with Crippen molar-refractivity contribution >= 4 is 61.5 Å². The van der Waals surface area contributed by atoms with Crippen LogP contribution in [0.1, 0.15) is 25.8 Å². The largest absolute Gasteiger partial charge is 0.355 e. The number of anilines is 1. The SMILES string of the molecule is CCNC(=O)C(CC)N(Cc1ccc(Cl)c(Cl)c1)C(=O)CN(c1cccc2ccccc12)S(C)(=O)=O.